The Morgan fingerprint density at radius 2 is 1.16 bits per heavy atom. The van der Waals surface area contributed by atoms with Gasteiger partial charge < -0.3 is 39.2 Å². The van der Waals surface area contributed by atoms with Crippen LogP contribution in [0.25, 0.3) is 33.1 Å². The summed E-state index contributed by atoms with van der Waals surface area (Å²) in [6.07, 6.45) is 16.6. The van der Waals surface area contributed by atoms with Crippen LogP contribution in [-0.4, -0.2) is 117 Å². The quantitative estimate of drug-likeness (QED) is 0.0265. The first kappa shape index (κ1) is 68.4. The van der Waals surface area contributed by atoms with Gasteiger partial charge in [0, 0.05) is 84.4 Å². The maximum atomic E-state index is 13.5. The van der Waals surface area contributed by atoms with Crippen molar-refractivity contribution in [3.63, 3.8) is 0 Å². The number of likely N-dealkylation sites (tertiary alicyclic amines) is 1. The Kier molecular flexibility index (Phi) is 24.3. The number of nitrogens with one attached hydrogen (secondary N) is 3. The van der Waals surface area contributed by atoms with E-state index in [9.17, 15) is 35.2 Å². The molecule has 2 aliphatic rings. The standard InChI is InChI=1S/C25H26F4N4O6S.C24H22FN5O.C5H4N.3C4H9.Sn/c1-24(2,3)38-23(34)33-9-7-18(8-10-33)37-20-13-19-15(11-21(20)39-40(35,36)25(27,28)29)14-30-22(32-19)31-17-6-4-5-16(26)12-17;25-17-4-3-5-18(13-17)29-24-28-15-16-12-20(21-6-1-2-9-27-21)23(14-22(16)30-24)31-19-7-10-26-11-8-19;1-2-4-6-5-3-1;3*1-3-4-2;/h4-6,11-14,18H,7-10H2,1-3H3,(H,30,31,32);1-6,9,12-15,19,26H,7-8,10-11H2,(H,28,29,30);1-4H;3*1,3-4H2,2H3;. The predicted octanol–water partition coefficient (Wildman–Crippen LogP) is 15.4. The van der Waals surface area contributed by atoms with Crippen molar-refractivity contribution in [3.05, 3.63) is 146 Å². The van der Waals surface area contributed by atoms with Gasteiger partial charge in [-0.15, -0.1) is 0 Å². The Labute approximate surface area is 527 Å². The van der Waals surface area contributed by atoms with Gasteiger partial charge in [0.15, 0.2) is 11.5 Å². The molecular formula is C66H79F5N10O7SSn. The van der Waals surface area contributed by atoms with Crippen molar-refractivity contribution in [1.82, 2.24) is 40.1 Å². The fourth-order valence-electron chi connectivity index (χ4n) is 10.5. The number of halogens is 5. The topological polar surface area (TPSA) is 205 Å². The number of piperidine rings is 2. The number of ether oxygens (including phenoxy) is 3. The van der Waals surface area contributed by atoms with E-state index in [0.717, 1.165) is 59.9 Å². The molecule has 0 saturated carbocycles. The fraction of sp³-hybridized carbons (Fsp3) is 0.409. The molecule has 2 aliphatic heterocycles. The Bertz CT molecular complexity index is 3710. The average molecular weight is 1370 g/mol. The number of aromatic nitrogens is 6. The normalized spacial score (nSPS) is 14.2. The molecule has 24 heteroatoms. The molecule has 0 spiro atoms. The minimum atomic E-state index is -6.01. The number of anilines is 4. The van der Waals surface area contributed by atoms with Crippen molar-refractivity contribution in [2.24, 2.45) is 0 Å². The number of benzene rings is 4. The second-order valence-corrected chi connectivity index (χ2v) is 37.9. The number of alkyl halides is 3. The number of nitrogens with zero attached hydrogens (tertiary/aromatic N) is 7. The van der Waals surface area contributed by atoms with Gasteiger partial charge in [-0.3, -0.25) is 4.98 Å². The summed E-state index contributed by atoms with van der Waals surface area (Å²) in [6, 6.07) is 30.4. The number of fused-ring (bicyclic) bond motifs is 2. The van der Waals surface area contributed by atoms with E-state index in [1.54, 1.807) is 55.1 Å². The SMILES string of the molecule is CC(C)(C)OC(=O)N1CCC(Oc2cc3nc(Nc4cccc(F)c4)ncc3cc2OS(=O)(=O)C(F)(F)F)CC1.CCC[CH2][Sn]([CH2]CCC)([CH2]CCC)[c]1ccccn1.Fc1cccc(Nc2ncc3cc(-c4ccccn4)c(OC4CCNCC4)cc3n2)c1. The maximum absolute atomic E-state index is 13.5. The van der Waals surface area contributed by atoms with Crippen LogP contribution < -0.4 is 33.3 Å². The Morgan fingerprint density at radius 1 is 0.633 bits per heavy atom. The van der Waals surface area contributed by atoms with E-state index in [0.29, 0.717) is 30.2 Å². The molecule has 4 aromatic carbocycles. The van der Waals surface area contributed by atoms with E-state index in [2.05, 4.69) is 84.0 Å². The molecule has 10 rings (SSSR count). The van der Waals surface area contributed by atoms with Crippen LogP contribution in [-0.2, 0) is 14.9 Å². The van der Waals surface area contributed by atoms with Gasteiger partial charge in [0.2, 0.25) is 11.9 Å². The van der Waals surface area contributed by atoms with Crippen LogP contribution in [0.3, 0.4) is 0 Å². The molecule has 90 heavy (non-hydrogen) atoms. The summed E-state index contributed by atoms with van der Waals surface area (Å²) >= 11 is -2.21. The van der Waals surface area contributed by atoms with Crippen LogP contribution in [0.2, 0.25) is 13.3 Å². The molecule has 1 amide bonds. The molecule has 0 aliphatic carbocycles. The average Bonchev–Trinajstić information content (AvgIpc) is 0.889. The van der Waals surface area contributed by atoms with Crippen LogP contribution >= 0.6 is 0 Å². The van der Waals surface area contributed by atoms with Gasteiger partial charge in [-0.2, -0.15) is 21.6 Å². The van der Waals surface area contributed by atoms with Crippen LogP contribution in [0, 0.1) is 11.6 Å². The number of amides is 1. The summed E-state index contributed by atoms with van der Waals surface area (Å²) < 4.78 is 118. The minimum Gasteiger partial charge on any atom is -0.490 e. The van der Waals surface area contributed by atoms with E-state index in [-0.39, 0.29) is 47.6 Å². The van der Waals surface area contributed by atoms with E-state index in [4.69, 9.17) is 19.2 Å². The summed E-state index contributed by atoms with van der Waals surface area (Å²) in [4.78, 5) is 40.5. The van der Waals surface area contributed by atoms with E-state index >= 15 is 0 Å². The first-order chi connectivity index (χ1) is 43.1. The molecule has 0 radical (unpaired) electrons. The smallest absolute Gasteiger partial charge is 0.227 e. The van der Waals surface area contributed by atoms with Crippen molar-refractivity contribution in [1.29, 1.82) is 0 Å². The van der Waals surface area contributed by atoms with Gasteiger partial charge in [0.1, 0.15) is 35.2 Å². The number of carbonyl (C=O) groups is 1. The van der Waals surface area contributed by atoms with Crippen LogP contribution in [0.5, 0.6) is 17.2 Å². The summed E-state index contributed by atoms with van der Waals surface area (Å²) in [5, 5.41) is 10.3. The second-order valence-electron chi connectivity index (χ2n) is 23.3. The third-order valence-electron chi connectivity index (χ3n) is 15.1. The molecular weight excluding hydrogens is 1290 g/mol. The summed E-state index contributed by atoms with van der Waals surface area (Å²) in [5.41, 5.74) is -2.72. The largest absolute Gasteiger partial charge is 0.490 e. The van der Waals surface area contributed by atoms with Gasteiger partial charge in [-0.05, 0) is 107 Å². The van der Waals surface area contributed by atoms with Gasteiger partial charge in [0.05, 0.1) is 16.7 Å². The van der Waals surface area contributed by atoms with Crippen molar-refractivity contribution >= 4 is 83.4 Å². The molecule has 6 heterocycles. The van der Waals surface area contributed by atoms with E-state index < -0.39 is 63.4 Å². The summed E-state index contributed by atoms with van der Waals surface area (Å²) in [7, 11) is -6.01. The zero-order valence-electron chi connectivity index (χ0n) is 51.7. The minimum absolute atomic E-state index is 0.0475. The van der Waals surface area contributed by atoms with Crippen molar-refractivity contribution in [2.75, 3.05) is 36.8 Å². The zero-order chi connectivity index (χ0) is 64.3. The molecule has 0 atom stereocenters. The monoisotopic (exact) mass is 1370 g/mol. The van der Waals surface area contributed by atoms with Crippen LogP contribution in [0.4, 0.5) is 50.0 Å². The van der Waals surface area contributed by atoms with Crippen molar-refractivity contribution < 1.29 is 53.6 Å². The van der Waals surface area contributed by atoms with Gasteiger partial charge in [0.25, 0.3) is 0 Å². The molecule has 0 unspecified atom stereocenters. The molecule has 0 bridgehead atoms. The Balaban J connectivity index is 0.000000185. The number of rotatable bonds is 21. The van der Waals surface area contributed by atoms with Crippen molar-refractivity contribution in [2.45, 2.75) is 142 Å². The molecule has 17 nitrogen and oxygen atoms in total. The first-order valence-corrected chi connectivity index (χ1v) is 39.5. The molecule has 2 fully saturated rings. The molecule has 8 aromatic rings. The maximum Gasteiger partial charge on any atom is 0.227 e. The second kappa shape index (κ2) is 32.0. The first-order valence-electron chi connectivity index (χ1n) is 30.7. The fourth-order valence-corrected chi connectivity index (χ4v) is 26.4. The zero-order valence-corrected chi connectivity index (χ0v) is 55.3. The molecule has 2 saturated heterocycles. The third-order valence-corrected chi connectivity index (χ3v) is 31.2. The van der Waals surface area contributed by atoms with Gasteiger partial charge >= 0.3 is 146 Å². The number of hydrogen-bond acceptors (Lipinski definition) is 16. The summed E-state index contributed by atoms with van der Waals surface area (Å²) in [6.45, 7) is 14.6. The Hall–Kier alpha value is -7.51. The van der Waals surface area contributed by atoms with E-state index in [1.807, 2.05) is 36.5 Å². The van der Waals surface area contributed by atoms with Gasteiger partial charge in [-0.1, -0.05) is 18.2 Å². The predicted molar refractivity (Wildman–Crippen MR) is 344 cm³/mol. The summed E-state index contributed by atoms with van der Waals surface area (Å²) in [5.74, 6) is -0.605. The van der Waals surface area contributed by atoms with E-state index in [1.165, 1.54) is 99.3 Å². The molecule has 480 valence electrons. The Morgan fingerprint density at radius 3 is 1.66 bits per heavy atom. The molecule has 3 N–H and O–H groups in total. The van der Waals surface area contributed by atoms with Crippen LogP contribution in [0.15, 0.2) is 134 Å². The number of carbonyl (C=O) groups excluding carboxylic acids is 1. The number of pyridine rings is 2. The molecule has 4 aromatic heterocycles. The number of hydrogen-bond donors (Lipinski definition) is 3. The van der Waals surface area contributed by atoms with Crippen molar-refractivity contribution in [3.8, 4) is 28.5 Å². The third kappa shape index (κ3) is 19.7. The number of unbranched alkanes of at least 4 members (excludes halogenated alkanes) is 3. The van der Waals surface area contributed by atoms with Crippen LogP contribution in [0.1, 0.15) is 106 Å². The van der Waals surface area contributed by atoms with Gasteiger partial charge in [-0.25, -0.2) is 33.5 Å².